The predicted octanol–water partition coefficient (Wildman–Crippen LogP) is 0.768. The standard InChI is InChI=1S/C9H13N3/c1-7-2-4-8(5-3-7)6-12-9(10)11/h2-5H,6H2,1H3,(H4,10,11,12). The molecule has 1 aromatic rings. The van der Waals surface area contributed by atoms with Crippen molar-refractivity contribution in [2.24, 2.45) is 16.5 Å². The van der Waals surface area contributed by atoms with Gasteiger partial charge in [-0.15, -0.1) is 0 Å². The first-order valence-electron chi connectivity index (χ1n) is 3.79. The third-order valence-corrected chi connectivity index (χ3v) is 1.56. The first-order valence-corrected chi connectivity index (χ1v) is 3.79. The molecule has 1 aromatic carbocycles. The third-order valence-electron chi connectivity index (χ3n) is 1.56. The number of guanidine groups is 1. The Hall–Kier alpha value is -1.51. The maximum absolute atomic E-state index is 5.20. The van der Waals surface area contributed by atoms with Gasteiger partial charge in [-0.3, -0.25) is 0 Å². The fourth-order valence-corrected chi connectivity index (χ4v) is 0.876. The molecule has 12 heavy (non-hydrogen) atoms. The molecule has 0 heterocycles. The Morgan fingerprint density at radius 1 is 1.25 bits per heavy atom. The van der Waals surface area contributed by atoms with E-state index in [1.807, 2.05) is 31.2 Å². The van der Waals surface area contributed by atoms with E-state index < -0.39 is 0 Å². The van der Waals surface area contributed by atoms with Crippen LogP contribution in [0, 0.1) is 6.92 Å². The third kappa shape index (κ3) is 2.62. The lowest BCUT2D eigenvalue weighted by Gasteiger charge is -1.97. The summed E-state index contributed by atoms with van der Waals surface area (Å²) in [5, 5.41) is 0. The molecule has 0 aromatic heterocycles. The van der Waals surface area contributed by atoms with E-state index in [-0.39, 0.29) is 5.96 Å². The smallest absolute Gasteiger partial charge is 0.186 e. The zero-order chi connectivity index (χ0) is 8.97. The highest BCUT2D eigenvalue weighted by atomic mass is 15.0. The molecule has 0 fully saturated rings. The summed E-state index contributed by atoms with van der Waals surface area (Å²) in [4.78, 5) is 3.90. The monoisotopic (exact) mass is 163 g/mol. The lowest BCUT2D eigenvalue weighted by atomic mass is 10.1. The van der Waals surface area contributed by atoms with Gasteiger partial charge in [-0.05, 0) is 12.5 Å². The van der Waals surface area contributed by atoms with Crippen molar-refractivity contribution in [3.63, 3.8) is 0 Å². The van der Waals surface area contributed by atoms with Crippen LogP contribution in [0.4, 0.5) is 0 Å². The summed E-state index contributed by atoms with van der Waals surface area (Å²) in [6, 6.07) is 8.11. The van der Waals surface area contributed by atoms with Crippen molar-refractivity contribution in [2.75, 3.05) is 0 Å². The average molecular weight is 163 g/mol. The van der Waals surface area contributed by atoms with Gasteiger partial charge in [0.1, 0.15) is 0 Å². The second-order valence-corrected chi connectivity index (χ2v) is 2.73. The van der Waals surface area contributed by atoms with Crippen LogP contribution in [0.2, 0.25) is 0 Å². The zero-order valence-electron chi connectivity index (χ0n) is 7.12. The molecule has 0 saturated heterocycles. The maximum atomic E-state index is 5.20. The van der Waals surface area contributed by atoms with E-state index >= 15 is 0 Å². The lowest BCUT2D eigenvalue weighted by molar-refractivity contribution is 1.05. The normalized spacial score (nSPS) is 9.42. The summed E-state index contributed by atoms with van der Waals surface area (Å²) in [6.07, 6.45) is 0. The summed E-state index contributed by atoms with van der Waals surface area (Å²) >= 11 is 0. The van der Waals surface area contributed by atoms with Crippen LogP contribution in [0.25, 0.3) is 0 Å². The average Bonchev–Trinajstić information content (AvgIpc) is 2.03. The van der Waals surface area contributed by atoms with E-state index in [0.717, 1.165) is 5.56 Å². The molecule has 0 aliphatic rings. The molecule has 3 nitrogen and oxygen atoms in total. The van der Waals surface area contributed by atoms with Crippen molar-refractivity contribution < 1.29 is 0 Å². The Labute approximate surface area is 72.1 Å². The summed E-state index contributed by atoms with van der Waals surface area (Å²) < 4.78 is 0. The van der Waals surface area contributed by atoms with Crippen molar-refractivity contribution >= 4 is 5.96 Å². The van der Waals surface area contributed by atoms with Crippen molar-refractivity contribution in [3.8, 4) is 0 Å². The first-order chi connectivity index (χ1) is 5.68. The van der Waals surface area contributed by atoms with Gasteiger partial charge in [0.15, 0.2) is 5.96 Å². The minimum absolute atomic E-state index is 0.135. The van der Waals surface area contributed by atoms with Gasteiger partial charge >= 0.3 is 0 Å². The second kappa shape index (κ2) is 3.76. The molecule has 64 valence electrons. The molecule has 1 rings (SSSR count). The Kier molecular flexibility index (Phi) is 2.69. The lowest BCUT2D eigenvalue weighted by Crippen LogP contribution is -2.22. The predicted molar refractivity (Wildman–Crippen MR) is 50.7 cm³/mol. The number of nitrogens with zero attached hydrogens (tertiary/aromatic N) is 1. The van der Waals surface area contributed by atoms with Gasteiger partial charge in [0, 0.05) is 0 Å². The minimum atomic E-state index is 0.135. The molecule has 0 amide bonds. The Balaban J connectivity index is 2.65. The largest absolute Gasteiger partial charge is 0.370 e. The van der Waals surface area contributed by atoms with Gasteiger partial charge in [-0.2, -0.15) is 0 Å². The number of nitrogens with two attached hydrogens (primary N) is 2. The zero-order valence-corrected chi connectivity index (χ0v) is 7.12. The minimum Gasteiger partial charge on any atom is -0.370 e. The van der Waals surface area contributed by atoms with Gasteiger partial charge in [0.25, 0.3) is 0 Å². The van der Waals surface area contributed by atoms with E-state index in [1.54, 1.807) is 0 Å². The molecule has 3 heteroatoms. The summed E-state index contributed by atoms with van der Waals surface area (Å²) in [5.41, 5.74) is 12.8. The molecule has 0 aliphatic heterocycles. The highest BCUT2D eigenvalue weighted by Gasteiger charge is 1.89. The maximum Gasteiger partial charge on any atom is 0.186 e. The molecule has 4 N–H and O–H groups in total. The van der Waals surface area contributed by atoms with Crippen LogP contribution in [0.3, 0.4) is 0 Å². The number of aliphatic imine (C=N–C) groups is 1. The van der Waals surface area contributed by atoms with Crippen LogP contribution in [0.1, 0.15) is 11.1 Å². The Bertz CT molecular complexity index is 270. The molecule has 0 atom stereocenters. The first kappa shape index (κ1) is 8.59. The highest BCUT2D eigenvalue weighted by molar-refractivity contribution is 5.75. The van der Waals surface area contributed by atoms with Crippen LogP contribution in [-0.4, -0.2) is 5.96 Å². The Morgan fingerprint density at radius 2 is 1.83 bits per heavy atom. The fourth-order valence-electron chi connectivity index (χ4n) is 0.876. The quantitative estimate of drug-likeness (QED) is 0.499. The molecular weight excluding hydrogens is 150 g/mol. The molecule has 0 radical (unpaired) electrons. The van der Waals surface area contributed by atoms with Crippen LogP contribution in [0.15, 0.2) is 29.3 Å². The molecule has 0 bridgehead atoms. The van der Waals surface area contributed by atoms with Crippen LogP contribution in [0.5, 0.6) is 0 Å². The molecule has 0 saturated carbocycles. The van der Waals surface area contributed by atoms with Gasteiger partial charge in [0.05, 0.1) is 6.54 Å². The van der Waals surface area contributed by atoms with Gasteiger partial charge in [-0.25, -0.2) is 4.99 Å². The van der Waals surface area contributed by atoms with Gasteiger partial charge < -0.3 is 11.5 Å². The molecule has 0 spiro atoms. The number of aryl methyl sites for hydroxylation is 1. The van der Waals surface area contributed by atoms with E-state index in [9.17, 15) is 0 Å². The number of benzene rings is 1. The van der Waals surface area contributed by atoms with E-state index in [4.69, 9.17) is 11.5 Å². The topological polar surface area (TPSA) is 64.4 Å². The van der Waals surface area contributed by atoms with E-state index in [2.05, 4.69) is 4.99 Å². The molecule has 0 aliphatic carbocycles. The number of hydrogen-bond acceptors (Lipinski definition) is 1. The van der Waals surface area contributed by atoms with Crippen molar-refractivity contribution in [2.45, 2.75) is 13.5 Å². The summed E-state index contributed by atoms with van der Waals surface area (Å²) in [5.74, 6) is 0.135. The van der Waals surface area contributed by atoms with Crippen LogP contribution >= 0.6 is 0 Å². The Morgan fingerprint density at radius 3 is 2.33 bits per heavy atom. The second-order valence-electron chi connectivity index (χ2n) is 2.73. The summed E-state index contributed by atoms with van der Waals surface area (Å²) in [6.45, 7) is 2.60. The highest BCUT2D eigenvalue weighted by Crippen LogP contribution is 2.03. The fraction of sp³-hybridized carbons (Fsp3) is 0.222. The molecular formula is C9H13N3. The van der Waals surface area contributed by atoms with Crippen LogP contribution in [-0.2, 0) is 6.54 Å². The molecule has 0 unspecified atom stereocenters. The summed E-state index contributed by atoms with van der Waals surface area (Å²) in [7, 11) is 0. The van der Waals surface area contributed by atoms with E-state index in [0.29, 0.717) is 6.54 Å². The van der Waals surface area contributed by atoms with E-state index in [1.165, 1.54) is 5.56 Å². The SMILES string of the molecule is Cc1ccc(CN=C(N)N)cc1. The van der Waals surface area contributed by atoms with Gasteiger partial charge in [-0.1, -0.05) is 29.8 Å². The van der Waals surface area contributed by atoms with Crippen LogP contribution < -0.4 is 11.5 Å². The van der Waals surface area contributed by atoms with Gasteiger partial charge in [0.2, 0.25) is 0 Å². The number of rotatable bonds is 2. The van der Waals surface area contributed by atoms with Crippen molar-refractivity contribution in [1.29, 1.82) is 0 Å². The number of hydrogen-bond donors (Lipinski definition) is 2. The van der Waals surface area contributed by atoms with Crippen molar-refractivity contribution in [3.05, 3.63) is 35.4 Å². The van der Waals surface area contributed by atoms with Crippen molar-refractivity contribution in [1.82, 2.24) is 0 Å².